The van der Waals surface area contributed by atoms with Gasteiger partial charge in [-0.05, 0) is 20.8 Å². The summed E-state index contributed by atoms with van der Waals surface area (Å²) in [5, 5.41) is 12.3. The van der Waals surface area contributed by atoms with Crippen LogP contribution in [0.3, 0.4) is 0 Å². The second-order valence-corrected chi connectivity index (χ2v) is 3.73. The van der Waals surface area contributed by atoms with Crippen molar-refractivity contribution in [3.63, 3.8) is 0 Å². The number of hydrogen-bond acceptors (Lipinski definition) is 4. The topological polar surface area (TPSA) is 57.8 Å². The number of aromatic nitrogens is 5. The zero-order valence-electron chi connectivity index (χ0n) is 10.4. The predicted molar refractivity (Wildman–Crippen MR) is 62.7 cm³/mol. The molecule has 6 heteroatoms. The quantitative estimate of drug-likeness (QED) is 0.786. The van der Waals surface area contributed by atoms with Gasteiger partial charge >= 0.3 is 0 Å². The molecule has 0 fully saturated rings. The summed E-state index contributed by atoms with van der Waals surface area (Å²) >= 11 is 0. The molecule has 0 aromatic carbocycles. The molecule has 2 aromatic heterocycles. The van der Waals surface area contributed by atoms with Crippen LogP contribution >= 0.6 is 0 Å². The first kappa shape index (κ1) is 11.6. The maximum atomic E-state index is 5.62. The lowest BCUT2D eigenvalue weighted by atomic mass is 10.5. The highest BCUT2D eigenvalue weighted by Gasteiger charge is 2.08. The monoisotopic (exact) mass is 235 g/mol. The molecule has 0 bridgehead atoms. The van der Waals surface area contributed by atoms with Crippen molar-refractivity contribution in [1.82, 2.24) is 24.5 Å². The Balaban J connectivity index is 2.01. The van der Waals surface area contributed by atoms with Crippen molar-refractivity contribution in [2.75, 3.05) is 0 Å². The number of aryl methyl sites for hydroxylation is 2. The second kappa shape index (κ2) is 4.99. The van der Waals surface area contributed by atoms with Crippen molar-refractivity contribution >= 4 is 0 Å². The highest BCUT2D eigenvalue weighted by Crippen LogP contribution is 2.11. The molecule has 0 aliphatic rings. The van der Waals surface area contributed by atoms with Gasteiger partial charge in [0.25, 0.3) is 0 Å². The molecule has 0 atom stereocenters. The molecule has 17 heavy (non-hydrogen) atoms. The maximum Gasteiger partial charge on any atom is 0.171 e. The molecule has 0 aliphatic heterocycles. The summed E-state index contributed by atoms with van der Waals surface area (Å²) in [6.07, 6.45) is 3.59. The Morgan fingerprint density at radius 3 is 2.71 bits per heavy atom. The molecule has 0 N–H and O–H groups in total. The zero-order valence-corrected chi connectivity index (χ0v) is 10.4. The lowest BCUT2D eigenvalue weighted by Gasteiger charge is -2.05. The summed E-state index contributed by atoms with van der Waals surface area (Å²) in [4.78, 5) is 0. The largest absolute Gasteiger partial charge is 0.482 e. The first-order valence-corrected chi connectivity index (χ1v) is 5.78. The Kier molecular flexibility index (Phi) is 3.41. The van der Waals surface area contributed by atoms with Crippen LogP contribution in [0.25, 0.3) is 0 Å². The van der Waals surface area contributed by atoms with Crippen LogP contribution < -0.4 is 4.74 Å². The summed E-state index contributed by atoms with van der Waals surface area (Å²) < 4.78 is 9.48. The Bertz CT molecular complexity index is 488. The summed E-state index contributed by atoms with van der Waals surface area (Å²) in [6.45, 7) is 8.15. The van der Waals surface area contributed by atoms with Crippen LogP contribution in [0.5, 0.6) is 5.75 Å². The standard InChI is InChI=1S/C11H17N5O/c1-4-15-7-10(6-12-15)17-8-11-14-13-9(3)16(11)5-2/h6-7H,4-5,8H2,1-3H3. The van der Waals surface area contributed by atoms with Crippen LogP contribution in [0, 0.1) is 6.92 Å². The molecule has 0 unspecified atom stereocenters. The first-order chi connectivity index (χ1) is 8.24. The van der Waals surface area contributed by atoms with Gasteiger partial charge in [-0.2, -0.15) is 5.10 Å². The van der Waals surface area contributed by atoms with E-state index in [0.29, 0.717) is 6.61 Å². The molecule has 2 rings (SSSR count). The lowest BCUT2D eigenvalue weighted by molar-refractivity contribution is 0.288. The van der Waals surface area contributed by atoms with E-state index < -0.39 is 0 Å². The lowest BCUT2D eigenvalue weighted by Crippen LogP contribution is -2.07. The average molecular weight is 235 g/mol. The van der Waals surface area contributed by atoms with E-state index in [-0.39, 0.29) is 0 Å². The van der Waals surface area contributed by atoms with E-state index in [1.807, 2.05) is 29.3 Å². The normalized spacial score (nSPS) is 10.8. The summed E-state index contributed by atoms with van der Waals surface area (Å²) in [7, 11) is 0. The van der Waals surface area contributed by atoms with E-state index in [9.17, 15) is 0 Å². The highest BCUT2D eigenvalue weighted by molar-refractivity contribution is 5.12. The predicted octanol–water partition coefficient (Wildman–Crippen LogP) is 1.40. The van der Waals surface area contributed by atoms with E-state index in [2.05, 4.69) is 22.2 Å². The van der Waals surface area contributed by atoms with Gasteiger partial charge in [-0.25, -0.2) is 0 Å². The minimum atomic E-state index is 0.421. The van der Waals surface area contributed by atoms with Gasteiger partial charge in [0.15, 0.2) is 11.6 Å². The van der Waals surface area contributed by atoms with Crippen LogP contribution in [0.15, 0.2) is 12.4 Å². The van der Waals surface area contributed by atoms with Gasteiger partial charge in [-0.1, -0.05) is 0 Å². The van der Waals surface area contributed by atoms with Crippen molar-refractivity contribution in [3.05, 3.63) is 24.0 Å². The third-order valence-corrected chi connectivity index (χ3v) is 2.63. The minimum Gasteiger partial charge on any atom is -0.482 e. The van der Waals surface area contributed by atoms with Gasteiger partial charge < -0.3 is 9.30 Å². The molecule has 0 saturated carbocycles. The van der Waals surface area contributed by atoms with Crippen molar-refractivity contribution in [2.24, 2.45) is 0 Å². The van der Waals surface area contributed by atoms with Gasteiger partial charge in [-0.15, -0.1) is 10.2 Å². The van der Waals surface area contributed by atoms with Crippen molar-refractivity contribution in [1.29, 1.82) is 0 Å². The van der Waals surface area contributed by atoms with Crippen LogP contribution in [0.4, 0.5) is 0 Å². The van der Waals surface area contributed by atoms with Gasteiger partial charge in [0.05, 0.1) is 12.4 Å². The van der Waals surface area contributed by atoms with E-state index in [1.165, 1.54) is 0 Å². The van der Waals surface area contributed by atoms with E-state index in [4.69, 9.17) is 4.74 Å². The molecular weight excluding hydrogens is 218 g/mol. The highest BCUT2D eigenvalue weighted by atomic mass is 16.5. The van der Waals surface area contributed by atoms with E-state index in [0.717, 1.165) is 30.5 Å². The van der Waals surface area contributed by atoms with Crippen molar-refractivity contribution in [2.45, 2.75) is 40.5 Å². The fraction of sp³-hybridized carbons (Fsp3) is 0.545. The molecule has 0 spiro atoms. The third-order valence-electron chi connectivity index (χ3n) is 2.63. The number of rotatable bonds is 5. The van der Waals surface area contributed by atoms with Crippen molar-refractivity contribution in [3.8, 4) is 5.75 Å². The smallest absolute Gasteiger partial charge is 0.171 e. The first-order valence-electron chi connectivity index (χ1n) is 5.78. The van der Waals surface area contributed by atoms with E-state index in [1.54, 1.807) is 6.20 Å². The van der Waals surface area contributed by atoms with Gasteiger partial charge in [0.2, 0.25) is 0 Å². The Morgan fingerprint density at radius 2 is 2.06 bits per heavy atom. The average Bonchev–Trinajstić information content (AvgIpc) is 2.92. The van der Waals surface area contributed by atoms with Gasteiger partial charge in [0.1, 0.15) is 12.4 Å². The minimum absolute atomic E-state index is 0.421. The zero-order chi connectivity index (χ0) is 12.3. The van der Waals surface area contributed by atoms with Gasteiger partial charge in [-0.3, -0.25) is 4.68 Å². The number of nitrogens with zero attached hydrogens (tertiary/aromatic N) is 5. The molecule has 92 valence electrons. The SMILES string of the molecule is CCn1cc(OCc2nnc(C)n2CC)cn1. The maximum absolute atomic E-state index is 5.62. The van der Waals surface area contributed by atoms with E-state index >= 15 is 0 Å². The molecular formula is C11H17N5O. The Hall–Kier alpha value is -1.85. The van der Waals surface area contributed by atoms with Gasteiger partial charge in [0, 0.05) is 13.1 Å². The number of hydrogen-bond donors (Lipinski definition) is 0. The van der Waals surface area contributed by atoms with Crippen LogP contribution in [0.1, 0.15) is 25.5 Å². The summed E-state index contributed by atoms with van der Waals surface area (Å²) in [5.41, 5.74) is 0. The molecule has 2 heterocycles. The molecule has 6 nitrogen and oxygen atoms in total. The molecule has 0 radical (unpaired) electrons. The summed E-state index contributed by atoms with van der Waals surface area (Å²) in [6, 6.07) is 0. The fourth-order valence-corrected chi connectivity index (χ4v) is 1.68. The Morgan fingerprint density at radius 1 is 1.24 bits per heavy atom. The van der Waals surface area contributed by atoms with Crippen LogP contribution in [-0.4, -0.2) is 24.5 Å². The number of ether oxygens (including phenoxy) is 1. The van der Waals surface area contributed by atoms with Crippen LogP contribution in [0.2, 0.25) is 0 Å². The third kappa shape index (κ3) is 2.46. The van der Waals surface area contributed by atoms with Crippen molar-refractivity contribution < 1.29 is 4.74 Å². The second-order valence-electron chi connectivity index (χ2n) is 3.73. The fourth-order valence-electron chi connectivity index (χ4n) is 1.68. The molecule has 0 saturated heterocycles. The Labute approximate surface area is 100 Å². The summed E-state index contributed by atoms with van der Waals surface area (Å²) in [5.74, 6) is 2.51. The van der Waals surface area contributed by atoms with Crippen LogP contribution in [-0.2, 0) is 19.7 Å². The molecule has 0 amide bonds. The molecule has 2 aromatic rings. The molecule has 0 aliphatic carbocycles.